The molecule has 0 aromatic rings. The van der Waals surface area contributed by atoms with Gasteiger partial charge in [-0.05, 0) is 12.8 Å². The molecule has 0 saturated heterocycles. The number of rotatable bonds is 3. The van der Waals surface area contributed by atoms with Gasteiger partial charge in [0.25, 0.3) is 0 Å². The molecule has 1 N–H and O–H groups in total. The maximum absolute atomic E-state index is 8.17. The number of hydrogen-bond donors (Lipinski definition) is 1. The summed E-state index contributed by atoms with van der Waals surface area (Å²) in [5.41, 5.74) is 0. The Bertz CT molecular complexity index is 70.8. The van der Waals surface area contributed by atoms with Gasteiger partial charge in [0, 0.05) is 0 Å². The minimum atomic E-state index is 0.367. The lowest BCUT2D eigenvalue weighted by Crippen LogP contribution is -1.80. The van der Waals surface area contributed by atoms with E-state index in [9.17, 15) is 0 Å². The van der Waals surface area contributed by atoms with Crippen LogP contribution in [0.5, 0.6) is 0 Å². The first-order chi connectivity index (χ1) is 3.77. The average Bonchev–Trinajstić information content (AvgIpc) is 1.66. The van der Waals surface area contributed by atoms with E-state index in [2.05, 4.69) is 31.9 Å². The molecule has 0 fully saturated rings. The fourth-order valence-electron chi connectivity index (χ4n) is 0.297. The summed E-state index contributed by atoms with van der Waals surface area (Å²) in [6.07, 6.45) is 4.69. The SMILES string of the molecule is OC=CCCC(Br)Br. The normalized spacial score (nSPS) is 11.4. The quantitative estimate of drug-likeness (QED) is 0.597. The Morgan fingerprint density at radius 3 is 2.50 bits per heavy atom. The van der Waals surface area contributed by atoms with E-state index >= 15 is 0 Å². The fourth-order valence-corrected chi connectivity index (χ4v) is 0.825. The van der Waals surface area contributed by atoms with Crippen molar-refractivity contribution in [2.24, 2.45) is 0 Å². The molecule has 0 spiro atoms. The standard InChI is InChI=1S/C5H8Br2O/c6-5(7)3-1-2-4-8/h2,4-5,8H,1,3H2. The zero-order chi connectivity index (χ0) is 6.41. The largest absolute Gasteiger partial charge is 0.516 e. The molecule has 0 aromatic heterocycles. The first-order valence-corrected chi connectivity index (χ1v) is 4.18. The molecule has 0 aromatic carbocycles. The Labute approximate surface area is 66.0 Å². The molecule has 0 radical (unpaired) electrons. The Morgan fingerprint density at radius 1 is 1.50 bits per heavy atom. The first kappa shape index (κ1) is 8.50. The van der Waals surface area contributed by atoms with Crippen molar-refractivity contribution in [3.8, 4) is 0 Å². The number of allylic oxidation sites excluding steroid dienone is 1. The van der Waals surface area contributed by atoms with Crippen LogP contribution in [0.15, 0.2) is 12.3 Å². The van der Waals surface area contributed by atoms with Crippen molar-refractivity contribution < 1.29 is 5.11 Å². The molecule has 8 heavy (non-hydrogen) atoms. The van der Waals surface area contributed by atoms with Crippen LogP contribution < -0.4 is 0 Å². The molecule has 3 heteroatoms. The van der Waals surface area contributed by atoms with Crippen LogP contribution in [0.2, 0.25) is 0 Å². The van der Waals surface area contributed by atoms with Crippen molar-refractivity contribution >= 4 is 31.9 Å². The summed E-state index contributed by atoms with van der Waals surface area (Å²) in [6.45, 7) is 0. The highest BCUT2D eigenvalue weighted by Gasteiger charge is 1.92. The third-order valence-electron chi connectivity index (χ3n) is 0.657. The van der Waals surface area contributed by atoms with Gasteiger partial charge in [-0.25, -0.2) is 0 Å². The van der Waals surface area contributed by atoms with Crippen molar-refractivity contribution in [2.75, 3.05) is 0 Å². The van der Waals surface area contributed by atoms with Gasteiger partial charge in [0.1, 0.15) is 0 Å². The van der Waals surface area contributed by atoms with Crippen molar-refractivity contribution in [3.05, 3.63) is 12.3 Å². The molecule has 0 unspecified atom stereocenters. The lowest BCUT2D eigenvalue weighted by Gasteiger charge is -1.93. The van der Waals surface area contributed by atoms with E-state index in [0.29, 0.717) is 3.74 Å². The number of aliphatic hydroxyl groups is 1. The van der Waals surface area contributed by atoms with E-state index in [4.69, 9.17) is 5.11 Å². The number of hydrogen-bond acceptors (Lipinski definition) is 1. The predicted molar refractivity (Wildman–Crippen MR) is 42.6 cm³/mol. The Kier molecular flexibility index (Phi) is 5.99. The van der Waals surface area contributed by atoms with Crippen LogP contribution in [0.3, 0.4) is 0 Å². The monoisotopic (exact) mass is 242 g/mol. The molecule has 0 rings (SSSR count). The van der Waals surface area contributed by atoms with Crippen LogP contribution in [-0.4, -0.2) is 8.84 Å². The van der Waals surface area contributed by atoms with E-state index in [1.54, 1.807) is 6.08 Å². The van der Waals surface area contributed by atoms with Crippen molar-refractivity contribution in [1.29, 1.82) is 0 Å². The molecule has 0 aliphatic rings. The Balaban J connectivity index is 2.93. The molecule has 0 heterocycles. The van der Waals surface area contributed by atoms with Crippen molar-refractivity contribution in [2.45, 2.75) is 16.6 Å². The fraction of sp³-hybridized carbons (Fsp3) is 0.600. The molecule has 48 valence electrons. The van der Waals surface area contributed by atoms with Crippen LogP contribution in [0.4, 0.5) is 0 Å². The molecule has 0 bridgehead atoms. The van der Waals surface area contributed by atoms with Crippen molar-refractivity contribution in [1.82, 2.24) is 0 Å². The van der Waals surface area contributed by atoms with E-state index < -0.39 is 0 Å². The molecule has 0 aliphatic heterocycles. The minimum Gasteiger partial charge on any atom is -0.516 e. The van der Waals surface area contributed by atoms with Crippen LogP contribution in [0.1, 0.15) is 12.8 Å². The molecule has 0 saturated carbocycles. The van der Waals surface area contributed by atoms with Crippen LogP contribution in [0, 0.1) is 0 Å². The summed E-state index contributed by atoms with van der Waals surface area (Å²) < 4.78 is 0.367. The third-order valence-corrected chi connectivity index (χ3v) is 1.57. The number of halogens is 2. The van der Waals surface area contributed by atoms with Gasteiger partial charge in [-0.15, -0.1) is 0 Å². The van der Waals surface area contributed by atoms with Gasteiger partial charge in [-0.3, -0.25) is 0 Å². The lowest BCUT2D eigenvalue weighted by atomic mass is 10.3. The maximum atomic E-state index is 8.17. The van der Waals surface area contributed by atoms with Crippen LogP contribution in [0.25, 0.3) is 0 Å². The predicted octanol–water partition coefficient (Wildman–Crippen LogP) is 2.95. The van der Waals surface area contributed by atoms with E-state index in [-0.39, 0.29) is 0 Å². The van der Waals surface area contributed by atoms with Gasteiger partial charge in [0.05, 0.1) is 10.00 Å². The summed E-state index contributed by atoms with van der Waals surface area (Å²) >= 11 is 6.61. The van der Waals surface area contributed by atoms with E-state index in [0.717, 1.165) is 19.1 Å². The second-order valence-corrected chi connectivity index (χ2v) is 4.79. The second kappa shape index (κ2) is 5.63. The average molecular weight is 244 g/mol. The highest BCUT2D eigenvalue weighted by molar-refractivity contribution is 9.24. The van der Waals surface area contributed by atoms with Gasteiger partial charge in [-0.1, -0.05) is 37.9 Å². The topological polar surface area (TPSA) is 20.2 Å². The number of aliphatic hydroxyl groups excluding tert-OH is 1. The van der Waals surface area contributed by atoms with E-state index in [1.165, 1.54) is 0 Å². The molecule has 1 nitrogen and oxygen atoms in total. The van der Waals surface area contributed by atoms with Gasteiger partial charge in [-0.2, -0.15) is 0 Å². The Morgan fingerprint density at radius 2 is 2.12 bits per heavy atom. The number of alkyl halides is 2. The van der Waals surface area contributed by atoms with Gasteiger partial charge >= 0.3 is 0 Å². The van der Waals surface area contributed by atoms with Crippen LogP contribution in [-0.2, 0) is 0 Å². The summed E-state index contributed by atoms with van der Waals surface area (Å²) in [5, 5.41) is 8.17. The highest BCUT2D eigenvalue weighted by Crippen LogP contribution is 2.14. The summed E-state index contributed by atoms with van der Waals surface area (Å²) in [6, 6.07) is 0. The molecule has 0 amide bonds. The van der Waals surface area contributed by atoms with E-state index in [1.807, 2.05) is 0 Å². The van der Waals surface area contributed by atoms with Gasteiger partial charge < -0.3 is 5.11 Å². The molecular formula is C5H8Br2O. The Hall–Kier alpha value is 0.500. The lowest BCUT2D eigenvalue weighted by molar-refractivity contribution is 0.470. The zero-order valence-corrected chi connectivity index (χ0v) is 7.52. The van der Waals surface area contributed by atoms with Gasteiger partial charge in [0.15, 0.2) is 0 Å². The zero-order valence-electron chi connectivity index (χ0n) is 4.35. The van der Waals surface area contributed by atoms with Gasteiger partial charge in [0.2, 0.25) is 0 Å². The third kappa shape index (κ3) is 6.50. The maximum Gasteiger partial charge on any atom is 0.0751 e. The molecular weight excluding hydrogens is 236 g/mol. The molecule has 0 atom stereocenters. The highest BCUT2D eigenvalue weighted by atomic mass is 79.9. The van der Waals surface area contributed by atoms with Crippen LogP contribution >= 0.6 is 31.9 Å². The molecule has 0 aliphatic carbocycles. The summed E-state index contributed by atoms with van der Waals surface area (Å²) in [4.78, 5) is 0. The smallest absolute Gasteiger partial charge is 0.0751 e. The van der Waals surface area contributed by atoms with Crippen molar-refractivity contribution in [3.63, 3.8) is 0 Å². The first-order valence-electron chi connectivity index (χ1n) is 2.34. The second-order valence-electron chi connectivity index (χ2n) is 1.35. The minimum absolute atomic E-state index is 0.367. The summed E-state index contributed by atoms with van der Waals surface area (Å²) in [7, 11) is 0. The summed E-state index contributed by atoms with van der Waals surface area (Å²) in [5.74, 6) is 0.